The molecule has 0 aliphatic heterocycles. The van der Waals surface area contributed by atoms with E-state index in [9.17, 15) is 5.26 Å². The molecule has 0 fully saturated rings. The minimum absolute atomic E-state index is 0.483. The first-order chi connectivity index (χ1) is 30.7. The van der Waals surface area contributed by atoms with Crippen molar-refractivity contribution in [3.63, 3.8) is 0 Å². The first kappa shape index (κ1) is 37.5. The third-order valence-corrected chi connectivity index (χ3v) is 10.7. The Morgan fingerprint density at radius 2 is 0.581 bits per heavy atom. The largest absolute Gasteiger partial charge is 0.208 e. The van der Waals surface area contributed by atoms with Crippen LogP contribution < -0.4 is 0 Å². The van der Waals surface area contributed by atoms with Gasteiger partial charge in [-0.1, -0.05) is 200 Å². The number of rotatable bonds is 9. The molecule has 10 rings (SSSR count). The Bertz CT molecular complexity index is 3180. The van der Waals surface area contributed by atoms with Crippen molar-refractivity contribution in [3.8, 4) is 108 Å². The second-order valence-electron chi connectivity index (χ2n) is 14.6. The molecule has 0 aliphatic rings. The molecule has 0 saturated heterocycles. The lowest BCUT2D eigenvalue weighted by atomic mass is 9.90. The molecule has 0 amide bonds. The van der Waals surface area contributed by atoms with E-state index in [0.29, 0.717) is 40.5 Å². The highest BCUT2D eigenvalue weighted by atomic mass is 15.0. The Kier molecular flexibility index (Phi) is 10.2. The lowest BCUT2D eigenvalue weighted by Gasteiger charge is -2.17. The fraction of sp³-hybridized carbons (Fsp3) is 0. The van der Waals surface area contributed by atoms with Crippen LogP contribution in [0.15, 0.2) is 212 Å². The zero-order valence-electron chi connectivity index (χ0n) is 33.3. The number of hydrogen-bond acceptors (Lipinski definition) is 7. The molecule has 62 heavy (non-hydrogen) atoms. The maximum Gasteiger partial charge on any atom is 0.164 e. The van der Waals surface area contributed by atoms with Crippen molar-refractivity contribution in [2.24, 2.45) is 0 Å². The summed E-state index contributed by atoms with van der Waals surface area (Å²) in [5, 5.41) is 10.2. The number of benzene rings is 8. The molecular formula is C55H35N7. The van der Waals surface area contributed by atoms with Gasteiger partial charge in [0.1, 0.15) is 0 Å². The number of hydrogen-bond donors (Lipinski definition) is 0. The van der Waals surface area contributed by atoms with E-state index < -0.39 is 0 Å². The topological polar surface area (TPSA) is 101 Å². The van der Waals surface area contributed by atoms with Crippen LogP contribution in [0.4, 0.5) is 0 Å². The van der Waals surface area contributed by atoms with Gasteiger partial charge in [-0.3, -0.25) is 0 Å². The summed E-state index contributed by atoms with van der Waals surface area (Å²) in [7, 11) is 0. The summed E-state index contributed by atoms with van der Waals surface area (Å²) in [4.78, 5) is 30.9. The summed E-state index contributed by atoms with van der Waals surface area (Å²) in [5.74, 6) is 3.21. The lowest BCUT2D eigenvalue weighted by molar-refractivity contribution is 1.07. The highest BCUT2D eigenvalue weighted by Gasteiger charge is 2.22. The van der Waals surface area contributed by atoms with Gasteiger partial charge in [-0.15, -0.1) is 0 Å². The van der Waals surface area contributed by atoms with Crippen molar-refractivity contribution in [2.45, 2.75) is 0 Å². The van der Waals surface area contributed by atoms with Gasteiger partial charge >= 0.3 is 0 Å². The van der Waals surface area contributed by atoms with E-state index in [1.165, 1.54) is 0 Å². The van der Waals surface area contributed by atoms with E-state index >= 15 is 0 Å². The van der Waals surface area contributed by atoms with E-state index in [2.05, 4.69) is 48.5 Å². The van der Waals surface area contributed by atoms with E-state index in [1.807, 2.05) is 170 Å². The molecule has 0 radical (unpaired) electrons. The standard InChI is InChI=1S/C55H35N7/c56-36-42-27-13-14-28-43(42)41-33-34-46(49(35-41)55-60-50(38-21-7-2-8-22-38)57-51(61-55)39-23-9-3-10-24-39)45-30-16-18-32-48(45)54-59-52(40-25-11-4-12-26-40)58-53(62-54)47-31-17-15-29-44(47)37-19-5-1-6-20-37/h1-35H. The van der Waals surface area contributed by atoms with Crippen molar-refractivity contribution in [3.05, 3.63) is 218 Å². The van der Waals surface area contributed by atoms with Crippen LogP contribution in [-0.2, 0) is 0 Å². The minimum atomic E-state index is 0.483. The van der Waals surface area contributed by atoms with Gasteiger partial charge in [-0.05, 0) is 45.5 Å². The molecule has 2 heterocycles. The van der Waals surface area contributed by atoms with Crippen LogP contribution in [0.3, 0.4) is 0 Å². The van der Waals surface area contributed by atoms with Gasteiger partial charge in [0.15, 0.2) is 34.9 Å². The van der Waals surface area contributed by atoms with Crippen LogP contribution in [0.2, 0.25) is 0 Å². The van der Waals surface area contributed by atoms with Gasteiger partial charge in [0, 0.05) is 33.4 Å². The molecule has 7 heteroatoms. The summed E-state index contributed by atoms with van der Waals surface area (Å²) >= 11 is 0. The molecule has 7 nitrogen and oxygen atoms in total. The second-order valence-corrected chi connectivity index (χ2v) is 14.6. The number of nitriles is 1. The van der Waals surface area contributed by atoms with Crippen LogP contribution in [0.1, 0.15) is 5.56 Å². The van der Waals surface area contributed by atoms with Crippen molar-refractivity contribution >= 4 is 0 Å². The Morgan fingerprint density at radius 1 is 0.242 bits per heavy atom. The molecule has 0 aliphatic carbocycles. The SMILES string of the molecule is N#Cc1ccccc1-c1ccc(-c2ccccc2-c2nc(-c3ccccc3)nc(-c3ccccc3-c3ccccc3)n2)c(-c2nc(-c3ccccc3)nc(-c3ccccc3)n2)c1. The maximum atomic E-state index is 10.2. The first-order valence-electron chi connectivity index (χ1n) is 20.3. The van der Waals surface area contributed by atoms with Gasteiger partial charge < -0.3 is 0 Å². The van der Waals surface area contributed by atoms with E-state index in [0.717, 1.165) is 66.8 Å². The van der Waals surface area contributed by atoms with E-state index in [-0.39, 0.29) is 0 Å². The van der Waals surface area contributed by atoms with Crippen LogP contribution in [0.25, 0.3) is 102 Å². The number of aromatic nitrogens is 6. The fourth-order valence-electron chi connectivity index (χ4n) is 7.69. The summed E-state index contributed by atoms with van der Waals surface area (Å²) in [5.41, 5.74) is 11.1. The maximum absolute atomic E-state index is 10.2. The molecule has 290 valence electrons. The summed E-state index contributed by atoms with van der Waals surface area (Å²) in [6, 6.07) is 72.8. The van der Waals surface area contributed by atoms with Crippen molar-refractivity contribution in [1.29, 1.82) is 5.26 Å². The van der Waals surface area contributed by atoms with Gasteiger partial charge in [-0.2, -0.15) is 5.26 Å². The molecule has 0 unspecified atom stereocenters. The van der Waals surface area contributed by atoms with E-state index in [1.54, 1.807) is 0 Å². The van der Waals surface area contributed by atoms with E-state index in [4.69, 9.17) is 29.9 Å². The molecule has 0 bridgehead atoms. The quantitative estimate of drug-likeness (QED) is 0.143. The monoisotopic (exact) mass is 793 g/mol. The van der Waals surface area contributed by atoms with Crippen molar-refractivity contribution in [1.82, 2.24) is 29.9 Å². The zero-order chi connectivity index (χ0) is 41.7. The van der Waals surface area contributed by atoms with Gasteiger partial charge in [0.05, 0.1) is 11.6 Å². The van der Waals surface area contributed by atoms with Gasteiger partial charge in [0.2, 0.25) is 0 Å². The van der Waals surface area contributed by atoms with Crippen LogP contribution in [0.5, 0.6) is 0 Å². The molecular weight excluding hydrogens is 759 g/mol. The number of nitrogens with zero attached hydrogens (tertiary/aromatic N) is 7. The lowest BCUT2D eigenvalue weighted by Crippen LogP contribution is -2.03. The molecule has 2 aromatic heterocycles. The highest BCUT2D eigenvalue weighted by molar-refractivity contribution is 5.92. The molecule has 10 aromatic rings. The van der Waals surface area contributed by atoms with Crippen molar-refractivity contribution < 1.29 is 0 Å². The molecule has 8 aromatic carbocycles. The predicted molar refractivity (Wildman–Crippen MR) is 247 cm³/mol. The Labute approximate surface area is 359 Å². The average Bonchev–Trinajstić information content (AvgIpc) is 3.37. The van der Waals surface area contributed by atoms with Crippen LogP contribution in [-0.4, -0.2) is 29.9 Å². The second kappa shape index (κ2) is 16.9. The highest BCUT2D eigenvalue weighted by Crippen LogP contribution is 2.41. The molecule has 0 saturated carbocycles. The van der Waals surface area contributed by atoms with Crippen molar-refractivity contribution in [2.75, 3.05) is 0 Å². The zero-order valence-corrected chi connectivity index (χ0v) is 33.3. The van der Waals surface area contributed by atoms with Crippen LogP contribution >= 0.6 is 0 Å². The third-order valence-electron chi connectivity index (χ3n) is 10.7. The molecule has 0 spiro atoms. The fourth-order valence-corrected chi connectivity index (χ4v) is 7.69. The minimum Gasteiger partial charge on any atom is -0.208 e. The Hall–Kier alpha value is -8.73. The third kappa shape index (κ3) is 7.52. The van der Waals surface area contributed by atoms with Crippen LogP contribution in [0, 0.1) is 11.3 Å². The average molecular weight is 794 g/mol. The summed E-state index contributed by atoms with van der Waals surface area (Å²) in [6.45, 7) is 0. The van der Waals surface area contributed by atoms with Gasteiger partial charge in [0.25, 0.3) is 0 Å². The molecule has 0 atom stereocenters. The smallest absolute Gasteiger partial charge is 0.164 e. The first-order valence-corrected chi connectivity index (χ1v) is 20.3. The molecule has 0 N–H and O–H groups in total. The Morgan fingerprint density at radius 3 is 1.08 bits per heavy atom. The van der Waals surface area contributed by atoms with Gasteiger partial charge in [-0.25, -0.2) is 29.9 Å². The normalized spacial score (nSPS) is 10.9. The summed E-state index contributed by atoms with van der Waals surface area (Å²) < 4.78 is 0. The Balaban J connectivity index is 1.22. The predicted octanol–water partition coefficient (Wildman–Crippen LogP) is 12.9. The summed E-state index contributed by atoms with van der Waals surface area (Å²) in [6.07, 6.45) is 0.